The molecule has 18 heavy (non-hydrogen) atoms. The Kier molecular flexibility index (Phi) is 11.0. The van der Waals surface area contributed by atoms with E-state index in [1.807, 2.05) is 13.8 Å². The molecule has 0 aliphatic carbocycles. The molecule has 5 nitrogen and oxygen atoms in total. The summed E-state index contributed by atoms with van der Waals surface area (Å²) in [5.74, 6) is 0.213. The highest BCUT2D eigenvalue weighted by molar-refractivity contribution is 5.77. The SMILES string of the molecule is CCNCCN1CCOCC1.CNC(=O)C(C)C. The van der Waals surface area contributed by atoms with Gasteiger partial charge in [0.25, 0.3) is 0 Å². The third kappa shape index (κ3) is 9.39. The molecule has 1 fully saturated rings. The average molecular weight is 259 g/mol. The lowest BCUT2D eigenvalue weighted by molar-refractivity contribution is -0.123. The zero-order chi connectivity index (χ0) is 13.8. The third-order valence-electron chi connectivity index (χ3n) is 2.73. The number of ether oxygens (including phenoxy) is 1. The van der Waals surface area contributed by atoms with E-state index in [2.05, 4.69) is 22.5 Å². The molecule has 1 aliphatic heterocycles. The summed E-state index contributed by atoms with van der Waals surface area (Å²) >= 11 is 0. The second-order valence-corrected chi connectivity index (χ2v) is 4.58. The molecule has 2 N–H and O–H groups in total. The number of likely N-dealkylation sites (N-methyl/N-ethyl adjacent to an activating group) is 1. The molecule has 5 heteroatoms. The van der Waals surface area contributed by atoms with Crippen molar-refractivity contribution in [2.75, 3.05) is 53.0 Å². The van der Waals surface area contributed by atoms with Crippen molar-refractivity contribution in [2.24, 2.45) is 5.92 Å². The molecule has 0 atom stereocenters. The first-order valence-corrected chi connectivity index (χ1v) is 6.84. The number of nitrogens with zero attached hydrogens (tertiary/aromatic N) is 1. The van der Waals surface area contributed by atoms with Crippen LogP contribution in [0.2, 0.25) is 0 Å². The Balaban J connectivity index is 0.000000360. The number of nitrogens with one attached hydrogen (secondary N) is 2. The van der Waals surface area contributed by atoms with Crippen molar-refractivity contribution in [3.8, 4) is 0 Å². The van der Waals surface area contributed by atoms with Crippen LogP contribution in [0.15, 0.2) is 0 Å². The van der Waals surface area contributed by atoms with E-state index < -0.39 is 0 Å². The third-order valence-corrected chi connectivity index (χ3v) is 2.73. The summed E-state index contributed by atoms with van der Waals surface area (Å²) < 4.78 is 5.24. The first-order valence-electron chi connectivity index (χ1n) is 6.84. The molecule has 0 aromatic heterocycles. The van der Waals surface area contributed by atoms with Crippen molar-refractivity contribution >= 4 is 5.91 Å². The van der Waals surface area contributed by atoms with Crippen LogP contribution in [0.25, 0.3) is 0 Å². The second kappa shape index (κ2) is 11.4. The van der Waals surface area contributed by atoms with E-state index >= 15 is 0 Å². The molecule has 0 radical (unpaired) electrons. The van der Waals surface area contributed by atoms with Crippen LogP contribution in [0, 0.1) is 5.92 Å². The largest absolute Gasteiger partial charge is 0.379 e. The zero-order valence-electron chi connectivity index (χ0n) is 12.3. The van der Waals surface area contributed by atoms with Gasteiger partial charge >= 0.3 is 0 Å². The van der Waals surface area contributed by atoms with Gasteiger partial charge < -0.3 is 15.4 Å². The number of morpholine rings is 1. The summed E-state index contributed by atoms with van der Waals surface area (Å²) in [7, 11) is 1.64. The van der Waals surface area contributed by atoms with Crippen molar-refractivity contribution in [3.63, 3.8) is 0 Å². The van der Waals surface area contributed by atoms with Crippen LogP contribution in [0.4, 0.5) is 0 Å². The van der Waals surface area contributed by atoms with Gasteiger partial charge in [-0.15, -0.1) is 0 Å². The van der Waals surface area contributed by atoms with Gasteiger partial charge in [0.1, 0.15) is 0 Å². The summed E-state index contributed by atoms with van der Waals surface area (Å²) in [6, 6.07) is 0. The molecule has 0 aromatic rings. The van der Waals surface area contributed by atoms with Crippen LogP contribution < -0.4 is 10.6 Å². The molecular formula is C13H29N3O2. The predicted molar refractivity (Wildman–Crippen MR) is 74.7 cm³/mol. The lowest BCUT2D eigenvalue weighted by atomic mass is 10.2. The fourth-order valence-corrected chi connectivity index (χ4v) is 1.53. The first kappa shape index (κ1) is 17.4. The molecule has 0 aromatic carbocycles. The van der Waals surface area contributed by atoms with E-state index in [-0.39, 0.29) is 11.8 Å². The summed E-state index contributed by atoms with van der Waals surface area (Å²) in [6.45, 7) is 13.2. The zero-order valence-corrected chi connectivity index (χ0v) is 12.3. The van der Waals surface area contributed by atoms with E-state index in [1.54, 1.807) is 7.05 Å². The van der Waals surface area contributed by atoms with Gasteiger partial charge in [-0.05, 0) is 6.54 Å². The molecular weight excluding hydrogens is 230 g/mol. The van der Waals surface area contributed by atoms with Crippen molar-refractivity contribution in [3.05, 3.63) is 0 Å². The highest BCUT2D eigenvalue weighted by Crippen LogP contribution is 1.94. The highest BCUT2D eigenvalue weighted by atomic mass is 16.5. The van der Waals surface area contributed by atoms with Gasteiger partial charge in [-0.3, -0.25) is 9.69 Å². The van der Waals surface area contributed by atoms with Crippen molar-refractivity contribution in [1.82, 2.24) is 15.5 Å². The van der Waals surface area contributed by atoms with Crippen molar-refractivity contribution in [1.29, 1.82) is 0 Å². The summed E-state index contributed by atoms with van der Waals surface area (Å²) in [5, 5.41) is 5.84. The van der Waals surface area contributed by atoms with E-state index in [1.165, 1.54) is 0 Å². The van der Waals surface area contributed by atoms with Gasteiger partial charge in [-0.1, -0.05) is 20.8 Å². The van der Waals surface area contributed by atoms with Crippen LogP contribution in [0.1, 0.15) is 20.8 Å². The molecule has 0 unspecified atom stereocenters. The van der Waals surface area contributed by atoms with Gasteiger partial charge in [-0.2, -0.15) is 0 Å². The molecule has 1 amide bonds. The summed E-state index contributed by atoms with van der Waals surface area (Å²) in [5.41, 5.74) is 0. The molecule has 1 saturated heterocycles. The molecule has 1 rings (SSSR count). The van der Waals surface area contributed by atoms with E-state index in [0.29, 0.717) is 0 Å². The lowest BCUT2D eigenvalue weighted by Crippen LogP contribution is -2.40. The molecule has 1 heterocycles. The normalized spacial score (nSPS) is 16.1. The number of amides is 1. The Bertz CT molecular complexity index is 204. The molecule has 0 spiro atoms. The average Bonchev–Trinajstić information content (AvgIpc) is 2.40. The monoisotopic (exact) mass is 259 g/mol. The fourth-order valence-electron chi connectivity index (χ4n) is 1.53. The standard InChI is InChI=1S/C8H18N2O.C5H11NO/c1-2-9-3-4-10-5-7-11-8-6-10;1-4(2)5(7)6-3/h9H,2-8H2,1H3;4H,1-3H3,(H,6,7). The van der Waals surface area contributed by atoms with E-state index in [0.717, 1.165) is 45.9 Å². The molecule has 0 saturated carbocycles. The summed E-state index contributed by atoms with van der Waals surface area (Å²) in [4.78, 5) is 12.8. The number of hydrogen-bond donors (Lipinski definition) is 2. The number of carbonyl (C=O) groups is 1. The van der Waals surface area contributed by atoms with Crippen molar-refractivity contribution < 1.29 is 9.53 Å². The van der Waals surface area contributed by atoms with Crippen molar-refractivity contribution in [2.45, 2.75) is 20.8 Å². The minimum absolute atomic E-state index is 0.0972. The van der Waals surface area contributed by atoms with Crippen LogP contribution in [0.5, 0.6) is 0 Å². The Labute approximate surface area is 111 Å². The van der Waals surface area contributed by atoms with Gasteiger partial charge in [0.15, 0.2) is 0 Å². The summed E-state index contributed by atoms with van der Waals surface area (Å²) in [6.07, 6.45) is 0. The van der Waals surface area contributed by atoms with Crippen LogP contribution in [0.3, 0.4) is 0 Å². The lowest BCUT2D eigenvalue weighted by Gasteiger charge is -2.26. The molecule has 108 valence electrons. The van der Waals surface area contributed by atoms with Gasteiger partial charge in [0, 0.05) is 39.1 Å². The van der Waals surface area contributed by atoms with E-state index in [4.69, 9.17) is 4.74 Å². The second-order valence-electron chi connectivity index (χ2n) is 4.58. The van der Waals surface area contributed by atoms with Gasteiger partial charge in [0.05, 0.1) is 13.2 Å². The first-order chi connectivity index (χ1) is 8.61. The smallest absolute Gasteiger partial charge is 0.222 e. The highest BCUT2D eigenvalue weighted by Gasteiger charge is 2.08. The van der Waals surface area contributed by atoms with Gasteiger partial charge in [0.2, 0.25) is 5.91 Å². The Hall–Kier alpha value is -0.650. The van der Waals surface area contributed by atoms with Crippen LogP contribution in [-0.4, -0.2) is 63.8 Å². The number of rotatable bonds is 5. The number of hydrogen-bond acceptors (Lipinski definition) is 4. The molecule has 0 bridgehead atoms. The molecule has 1 aliphatic rings. The Morgan fingerprint density at radius 2 is 1.94 bits per heavy atom. The minimum atomic E-state index is 0.0972. The number of carbonyl (C=O) groups excluding carboxylic acids is 1. The fraction of sp³-hybridized carbons (Fsp3) is 0.923. The Morgan fingerprint density at radius 3 is 2.33 bits per heavy atom. The quantitative estimate of drug-likeness (QED) is 0.698. The predicted octanol–water partition coefficient (Wildman–Crippen LogP) is 0.317. The van der Waals surface area contributed by atoms with Gasteiger partial charge in [-0.25, -0.2) is 0 Å². The van der Waals surface area contributed by atoms with Crippen LogP contribution >= 0.6 is 0 Å². The minimum Gasteiger partial charge on any atom is -0.379 e. The van der Waals surface area contributed by atoms with E-state index in [9.17, 15) is 4.79 Å². The maximum atomic E-state index is 10.4. The Morgan fingerprint density at radius 1 is 1.33 bits per heavy atom. The maximum absolute atomic E-state index is 10.4. The maximum Gasteiger partial charge on any atom is 0.222 e. The topological polar surface area (TPSA) is 53.6 Å². The van der Waals surface area contributed by atoms with Crippen LogP contribution in [-0.2, 0) is 9.53 Å².